The van der Waals surface area contributed by atoms with Crippen molar-refractivity contribution in [1.29, 1.82) is 0 Å². The van der Waals surface area contributed by atoms with Crippen molar-refractivity contribution in [1.82, 2.24) is 10.2 Å². The Morgan fingerprint density at radius 3 is 3.19 bits per heavy atom. The minimum atomic E-state index is 0.794. The molecule has 3 aliphatic heterocycles. The molecule has 0 amide bonds. The van der Waals surface area contributed by atoms with Gasteiger partial charge in [0.05, 0.1) is 6.61 Å². The number of likely N-dealkylation sites (tertiary alicyclic amines) is 1. The van der Waals surface area contributed by atoms with Gasteiger partial charge in [0.1, 0.15) is 5.75 Å². The predicted octanol–water partition coefficient (Wildman–Crippen LogP) is 2.09. The molecule has 3 heterocycles. The lowest BCUT2D eigenvalue weighted by atomic mass is 9.93. The lowest BCUT2D eigenvalue weighted by Crippen LogP contribution is -2.36. The Morgan fingerprint density at radius 1 is 1.33 bits per heavy atom. The monoisotopic (exact) mass is 286 g/mol. The molecule has 1 aromatic rings. The number of nitrogens with one attached hydrogen (secondary N) is 1. The van der Waals surface area contributed by atoms with Gasteiger partial charge in [0.25, 0.3) is 0 Å². The van der Waals surface area contributed by atoms with E-state index < -0.39 is 0 Å². The van der Waals surface area contributed by atoms with Gasteiger partial charge >= 0.3 is 0 Å². The number of hydrogen-bond donors (Lipinski definition) is 1. The van der Waals surface area contributed by atoms with Crippen LogP contribution in [0.15, 0.2) is 18.2 Å². The van der Waals surface area contributed by atoms with Crippen molar-refractivity contribution in [2.75, 3.05) is 32.8 Å². The normalized spacial score (nSPS) is 31.2. The van der Waals surface area contributed by atoms with Crippen LogP contribution in [0.1, 0.15) is 24.5 Å². The molecule has 2 fully saturated rings. The largest absolute Gasteiger partial charge is 0.493 e. The molecule has 4 rings (SSSR count). The summed E-state index contributed by atoms with van der Waals surface area (Å²) in [5, 5.41) is 3.57. The molecule has 114 valence electrons. The summed E-state index contributed by atoms with van der Waals surface area (Å²) >= 11 is 0. The van der Waals surface area contributed by atoms with Gasteiger partial charge in [-0.05, 0) is 55.0 Å². The topological polar surface area (TPSA) is 24.5 Å². The van der Waals surface area contributed by atoms with E-state index in [1.54, 1.807) is 0 Å². The summed E-state index contributed by atoms with van der Waals surface area (Å²) in [6.07, 6.45) is 3.55. The molecule has 1 aromatic carbocycles. The summed E-state index contributed by atoms with van der Waals surface area (Å²) in [4.78, 5) is 2.75. The van der Waals surface area contributed by atoms with Crippen molar-refractivity contribution in [3.8, 4) is 5.75 Å². The van der Waals surface area contributed by atoms with Gasteiger partial charge in [-0.2, -0.15) is 0 Å². The number of benzene rings is 1. The molecule has 0 radical (unpaired) electrons. The van der Waals surface area contributed by atoms with Crippen LogP contribution in [0.4, 0.5) is 0 Å². The van der Waals surface area contributed by atoms with E-state index in [-0.39, 0.29) is 0 Å². The Bertz CT molecular complexity index is 516. The smallest absolute Gasteiger partial charge is 0.122 e. The van der Waals surface area contributed by atoms with E-state index >= 15 is 0 Å². The maximum absolute atomic E-state index is 5.60. The summed E-state index contributed by atoms with van der Waals surface area (Å²) in [5.41, 5.74) is 2.88. The third-order valence-electron chi connectivity index (χ3n) is 5.68. The second kappa shape index (κ2) is 5.62. The van der Waals surface area contributed by atoms with E-state index in [4.69, 9.17) is 4.74 Å². The van der Waals surface area contributed by atoms with Gasteiger partial charge in [0.15, 0.2) is 0 Å². The Morgan fingerprint density at radius 2 is 2.29 bits per heavy atom. The molecule has 0 aliphatic carbocycles. The number of nitrogens with zero attached hydrogens (tertiary/aromatic N) is 1. The predicted molar refractivity (Wildman–Crippen MR) is 84.8 cm³/mol. The Balaban J connectivity index is 1.40. The molecule has 3 atom stereocenters. The van der Waals surface area contributed by atoms with Gasteiger partial charge < -0.3 is 10.1 Å². The lowest BCUT2D eigenvalue weighted by Gasteiger charge is -2.26. The van der Waals surface area contributed by atoms with Gasteiger partial charge in [0.2, 0.25) is 0 Å². The first kappa shape index (κ1) is 13.6. The highest BCUT2D eigenvalue weighted by Crippen LogP contribution is 2.34. The van der Waals surface area contributed by atoms with Gasteiger partial charge in [-0.25, -0.2) is 0 Å². The molecular formula is C18H26N2O. The number of ether oxygens (including phenoxy) is 1. The van der Waals surface area contributed by atoms with E-state index in [0.717, 1.165) is 36.7 Å². The molecule has 2 saturated heterocycles. The molecule has 21 heavy (non-hydrogen) atoms. The average molecular weight is 286 g/mol. The molecule has 3 heteroatoms. The average Bonchev–Trinajstić information content (AvgIpc) is 3.19. The summed E-state index contributed by atoms with van der Waals surface area (Å²) in [6.45, 7) is 8.18. The van der Waals surface area contributed by atoms with Gasteiger partial charge in [-0.3, -0.25) is 4.90 Å². The zero-order valence-corrected chi connectivity index (χ0v) is 13.0. The maximum Gasteiger partial charge on any atom is 0.122 e. The maximum atomic E-state index is 5.60. The summed E-state index contributed by atoms with van der Waals surface area (Å²) in [7, 11) is 0. The number of rotatable bonds is 4. The standard InChI is InChI=1S/C18H26N2O/c1-2-17-16-11-19-10-15(16)12-20(17)7-5-13-3-4-18-14(9-13)6-8-21-18/h3-4,9,15-17,19H,2,5-8,10-12H2,1H3. The van der Waals surface area contributed by atoms with Crippen LogP contribution in [-0.2, 0) is 12.8 Å². The van der Waals surface area contributed by atoms with Crippen molar-refractivity contribution in [3.05, 3.63) is 29.3 Å². The fraction of sp³-hybridized carbons (Fsp3) is 0.667. The summed E-state index contributed by atoms with van der Waals surface area (Å²) in [6, 6.07) is 7.57. The molecule has 3 aliphatic rings. The van der Waals surface area contributed by atoms with E-state index in [2.05, 4.69) is 35.3 Å². The second-order valence-electron chi connectivity index (χ2n) is 6.84. The third kappa shape index (κ3) is 2.47. The van der Waals surface area contributed by atoms with Crippen molar-refractivity contribution in [2.45, 2.75) is 32.2 Å². The highest BCUT2D eigenvalue weighted by Gasteiger charge is 2.42. The Kier molecular flexibility index (Phi) is 3.64. The van der Waals surface area contributed by atoms with E-state index in [1.165, 1.54) is 50.1 Å². The molecule has 0 aromatic heterocycles. The number of hydrogen-bond acceptors (Lipinski definition) is 3. The van der Waals surface area contributed by atoms with Crippen LogP contribution < -0.4 is 10.1 Å². The Hall–Kier alpha value is -1.06. The van der Waals surface area contributed by atoms with Crippen LogP contribution >= 0.6 is 0 Å². The molecular weight excluding hydrogens is 260 g/mol. The SMILES string of the molecule is CCC1C2CNCC2CN1CCc1ccc2c(c1)CCO2. The van der Waals surface area contributed by atoms with Crippen LogP contribution in [0.2, 0.25) is 0 Å². The van der Waals surface area contributed by atoms with Gasteiger partial charge in [-0.1, -0.05) is 19.1 Å². The van der Waals surface area contributed by atoms with Crippen molar-refractivity contribution < 1.29 is 4.74 Å². The highest BCUT2D eigenvalue weighted by atomic mass is 16.5. The summed E-state index contributed by atoms with van der Waals surface area (Å²) in [5.74, 6) is 2.89. The lowest BCUT2D eigenvalue weighted by molar-refractivity contribution is 0.221. The summed E-state index contributed by atoms with van der Waals surface area (Å²) < 4.78 is 5.60. The Labute approximate surface area is 127 Å². The van der Waals surface area contributed by atoms with Crippen LogP contribution in [0, 0.1) is 11.8 Å². The van der Waals surface area contributed by atoms with Crippen LogP contribution in [0.25, 0.3) is 0 Å². The second-order valence-corrected chi connectivity index (χ2v) is 6.84. The van der Waals surface area contributed by atoms with E-state index in [9.17, 15) is 0 Å². The molecule has 1 N–H and O–H groups in total. The quantitative estimate of drug-likeness (QED) is 0.917. The zero-order valence-electron chi connectivity index (χ0n) is 13.0. The molecule has 3 unspecified atom stereocenters. The van der Waals surface area contributed by atoms with Gasteiger partial charge in [-0.15, -0.1) is 0 Å². The van der Waals surface area contributed by atoms with Crippen molar-refractivity contribution in [2.24, 2.45) is 11.8 Å². The fourth-order valence-corrected chi connectivity index (χ4v) is 4.60. The minimum absolute atomic E-state index is 0.794. The van der Waals surface area contributed by atoms with E-state index in [1.807, 2.05) is 0 Å². The highest BCUT2D eigenvalue weighted by molar-refractivity contribution is 5.39. The number of fused-ring (bicyclic) bond motifs is 2. The van der Waals surface area contributed by atoms with Crippen molar-refractivity contribution >= 4 is 0 Å². The van der Waals surface area contributed by atoms with Crippen LogP contribution in [0.5, 0.6) is 5.75 Å². The molecule has 0 saturated carbocycles. The first-order valence-electron chi connectivity index (χ1n) is 8.54. The van der Waals surface area contributed by atoms with Crippen molar-refractivity contribution in [3.63, 3.8) is 0 Å². The van der Waals surface area contributed by atoms with E-state index in [0.29, 0.717) is 0 Å². The van der Waals surface area contributed by atoms with Gasteiger partial charge in [0, 0.05) is 25.6 Å². The fourth-order valence-electron chi connectivity index (χ4n) is 4.60. The third-order valence-corrected chi connectivity index (χ3v) is 5.68. The first-order chi connectivity index (χ1) is 10.3. The van der Waals surface area contributed by atoms with Crippen LogP contribution in [0.3, 0.4) is 0 Å². The zero-order chi connectivity index (χ0) is 14.2. The molecule has 0 bridgehead atoms. The van der Waals surface area contributed by atoms with Crippen LogP contribution in [-0.4, -0.2) is 43.7 Å². The molecule has 0 spiro atoms. The molecule has 3 nitrogen and oxygen atoms in total. The first-order valence-corrected chi connectivity index (χ1v) is 8.54. The minimum Gasteiger partial charge on any atom is -0.493 e.